The van der Waals surface area contributed by atoms with E-state index in [0.717, 1.165) is 12.0 Å². The van der Waals surface area contributed by atoms with Crippen molar-refractivity contribution in [3.05, 3.63) is 89.2 Å². The molecule has 0 aliphatic carbocycles. The summed E-state index contributed by atoms with van der Waals surface area (Å²) in [4.78, 5) is 17.5. The molecule has 26 heavy (non-hydrogen) atoms. The lowest BCUT2D eigenvalue weighted by atomic mass is 10.0. The highest BCUT2D eigenvalue weighted by Crippen LogP contribution is 2.23. The number of hydrogen-bond acceptors (Lipinski definition) is 3. The molecule has 0 saturated heterocycles. The van der Waals surface area contributed by atoms with E-state index in [9.17, 15) is 9.00 Å². The first-order valence-electron chi connectivity index (χ1n) is 8.41. The standard InChI is InChI=1S/C21H20N2O2S/c1-3-16-5-7-18(8-6-16)26(25)23-20-9-4-15(2)14-19(20)21(24)17-10-12-22-13-11-17/h4-14,23H,3H2,1-2H3. The molecule has 132 valence electrons. The zero-order valence-corrected chi connectivity index (χ0v) is 15.5. The van der Waals surface area contributed by atoms with Crippen LogP contribution < -0.4 is 4.72 Å². The van der Waals surface area contributed by atoms with E-state index in [0.29, 0.717) is 21.7 Å². The number of anilines is 1. The highest BCUT2D eigenvalue weighted by molar-refractivity contribution is 7.86. The first kappa shape index (κ1) is 18.0. The van der Waals surface area contributed by atoms with Gasteiger partial charge in [-0.25, -0.2) is 4.21 Å². The van der Waals surface area contributed by atoms with Gasteiger partial charge in [0.2, 0.25) is 0 Å². The molecule has 0 saturated carbocycles. The summed E-state index contributed by atoms with van der Waals surface area (Å²) in [6.07, 6.45) is 4.11. The Morgan fingerprint density at radius 2 is 1.73 bits per heavy atom. The van der Waals surface area contributed by atoms with Crippen molar-refractivity contribution in [2.24, 2.45) is 0 Å². The summed E-state index contributed by atoms with van der Waals surface area (Å²) in [7, 11) is -1.45. The molecule has 4 nitrogen and oxygen atoms in total. The number of nitrogens with one attached hydrogen (secondary N) is 1. The van der Waals surface area contributed by atoms with Crippen LogP contribution in [0.1, 0.15) is 34.0 Å². The predicted octanol–water partition coefficient (Wildman–Crippen LogP) is 4.32. The normalized spacial score (nSPS) is 11.8. The molecule has 0 aliphatic heterocycles. The van der Waals surface area contributed by atoms with Gasteiger partial charge in [0.25, 0.3) is 0 Å². The Balaban J connectivity index is 1.90. The van der Waals surface area contributed by atoms with Crippen LogP contribution in [0.2, 0.25) is 0 Å². The average Bonchev–Trinajstić information content (AvgIpc) is 2.69. The molecule has 1 aromatic heterocycles. The largest absolute Gasteiger partial charge is 0.300 e. The van der Waals surface area contributed by atoms with Crippen molar-refractivity contribution in [1.29, 1.82) is 0 Å². The van der Waals surface area contributed by atoms with E-state index in [1.807, 2.05) is 43.3 Å². The van der Waals surface area contributed by atoms with Gasteiger partial charge in [0.05, 0.1) is 10.6 Å². The number of carbonyl (C=O) groups excluding carboxylic acids is 1. The van der Waals surface area contributed by atoms with Crippen LogP contribution in [0.15, 0.2) is 71.9 Å². The summed E-state index contributed by atoms with van der Waals surface area (Å²) in [5.74, 6) is -0.128. The van der Waals surface area contributed by atoms with Gasteiger partial charge in [-0.15, -0.1) is 0 Å². The zero-order valence-electron chi connectivity index (χ0n) is 14.7. The Labute approximate surface area is 155 Å². The molecule has 3 rings (SSSR count). The van der Waals surface area contributed by atoms with Gasteiger partial charge in [0.15, 0.2) is 5.78 Å². The fourth-order valence-corrected chi connectivity index (χ4v) is 3.48. The zero-order chi connectivity index (χ0) is 18.5. The van der Waals surface area contributed by atoms with E-state index >= 15 is 0 Å². The fraction of sp³-hybridized carbons (Fsp3) is 0.143. The molecule has 0 amide bonds. The maximum Gasteiger partial charge on any atom is 0.195 e. The van der Waals surface area contributed by atoms with E-state index < -0.39 is 11.0 Å². The van der Waals surface area contributed by atoms with E-state index in [1.54, 1.807) is 30.6 Å². The van der Waals surface area contributed by atoms with Crippen molar-refractivity contribution in [2.75, 3.05) is 4.72 Å². The minimum atomic E-state index is -1.45. The summed E-state index contributed by atoms with van der Waals surface area (Å²) in [5.41, 5.74) is 3.75. The smallest absolute Gasteiger partial charge is 0.195 e. The lowest BCUT2D eigenvalue weighted by Crippen LogP contribution is -2.11. The Kier molecular flexibility index (Phi) is 5.58. The molecule has 0 radical (unpaired) electrons. The van der Waals surface area contributed by atoms with Crippen LogP contribution in [0.4, 0.5) is 5.69 Å². The Bertz CT molecular complexity index is 938. The van der Waals surface area contributed by atoms with Crippen LogP contribution in [-0.4, -0.2) is 15.0 Å². The second-order valence-corrected chi connectivity index (χ2v) is 7.20. The molecule has 3 aromatic rings. The molecule has 0 aliphatic rings. The number of hydrogen-bond donors (Lipinski definition) is 1. The molecule has 1 N–H and O–H groups in total. The van der Waals surface area contributed by atoms with Gasteiger partial charge in [0, 0.05) is 23.5 Å². The van der Waals surface area contributed by atoms with Crippen molar-refractivity contribution < 1.29 is 9.00 Å². The molecule has 0 spiro atoms. The number of aromatic nitrogens is 1. The van der Waals surface area contributed by atoms with Crippen LogP contribution in [0.3, 0.4) is 0 Å². The molecule has 1 unspecified atom stereocenters. The average molecular weight is 364 g/mol. The number of ketones is 1. The highest BCUT2D eigenvalue weighted by Gasteiger charge is 2.16. The van der Waals surface area contributed by atoms with Crippen LogP contribution in [-0.2, 0) is 17.4 Å². The van der Waals surface area contributed by atoms with E-state index in [1.165, 1.54) is 5.56 Å². The van der Waals surface area contributed by atoms with Gasteiger partial charge < -0.3 is 4.72 Å². The summed E-state index contributed by atoms with van der Waals surface area (Å²) in [6.45, 7) is 4.00. The molecule has 1 heterocycles. The third-order valence-electron chi connectivity index (χ3n) is 4.11. The van der Waals surface area contributed by atoms with Crippen molar-refractivity contribution in [3.8, 4) is 0 Å². The summed E-state index contributed by atoms with van der Waals surface area (Å²) < 4.78 is 15.7. The van der Waals surface area contributed by atoms with Crippen molar-refractivity contribution in [2.45, 2.75) is 25.2 Å². The van der Waals surface area contributed by atoms with E-state index in [2.05, 4.69) is 16.6 Å². The van der Waals surface area contributed by atoms with Crippen molar-refractivity contribution in [3.63, 3.8) is 0 Å². The van der Waals surface area contributed by atoms with Gasteiger partial charge in [-0.1, -0.05) is 30.7 Å². The molecular formula is C21H20N2O2S. The number of pyridine rings is 1. The van der Waals surface area contributed by atoms with Gasteiger partial charge in [-0.3, -0.25) is 9.78 Å². The summed E-state index contributed by atoms with van der Waals surface area (Å²) in [6, 6.07) is 16.5. The maximum absolute atomic E-state index is 12.9. The third-order valence-corrected chi connectivity index (χ3v) is 5.22. The van der Waals surface area contributed by atoms with Gasteiger partial charge in [0.1, 0.15) is 11.0 Å². The van der Waals surface area contributed by atoms with E-state index in [4.69, 9.17) is 0 Å². The number of nitrogens with zero attached hydrogens (tertiary/aromatic N) is 1. The Morgan fingerprint density at radius 3 is 2.38 bits per heavy atom. The highest BCUT2D eigenvalue weighted by atomic mass is 32.2. The molecular weight excluding hydrogens is 344 g/mol. The Hall–Kier alpha value is -2.79. The number of benzene rings is 2. The predicted molar refractivity (Wildman–Crippen MR) is 105 cm³/mol. The molecule has 5 heteroatoms. The maximum atomic E-state index is 12.9. The molecule has 2 aromatic carbocycles. The topological polar surface area (TPSA) is 59.1 Å². The monoisotopic (exact) mass is 364 g/mol. The number of carbonyl (C=O) groups is 1. The number of aryl methyl sites for hydroxylation is 2. The first-order chi connectivity index (χ1) is 12.6. The second kappa shape index (κ2) is 8.06. The second-order valence-electron chi connectivity index (χ2n) is 5.98. The lowest BCUT2D eigenvalue weighted by molar-refractivity contribution is 0.103. The van der Waals surface area contributed by atoms with Crippen molar-refractivity contribution in [1.82, 2.24) is 4.98 Å². The molecule has 1 atom stereocenters. The van der Waals surface area contributed by atoms with E-state index in [-0.39, 0.29) is 5.78 Å². The van der Waals surface area contributed by atoms with Crippen LogP contribution in [0.5, 0.6) is 0 Å². The van der Waals surface area contributed by atoms with Crippen molar-refractivity contribution >= 4 is 22.5 Å². The minimum Gasteiger partial charge on any atom is -0.300 e. The third kappa shape index (κ3) is 4.06. The van der Waals surface area contributed by atoms with Gasteiger partial charge >= 0.3 is 0 Å². The lowest BCUT2D eigenvalue weighted by Gasteiger charge is -2.12. The quantitative estimate of drug-likeness (QED) is 0.663. The Morgan fingerprint density at radius 1 is 1.04 bits per heavy atom. The molecule has 0 bridgehead atoms. The summed E-state index contributed by atoms with van der Waals surface area (Å²) >= 11 is 0. The number of rotatable bonds is 6. The SMILES string of the molecule is CCc1ccc(S(=O)Nc2ccc(C)cc2C(=O)c2ccncc2)cc1. The van der Waals surface area contributed by atoms with Gasteiger partial charge in [-0.2, -0.15) is 0 Å². The van der Waals surface area contributed by atoms with Gasteiger partial charge in [-0.05, 0) is 55.3 Å². The fourth-order valence-electron chi connectivity index (χ4n) is 2.60. The van der Waals surface area contributed by atoms with Crippen LogP contribution >= 0.6 is 0 Å². The minimum absolute atomic E-state index is 0.128. The van der Waals surface area contributed by atoms with Crippen LogP contribution in [0.25, 0.3) is 0 Å². The summed E-state index contributed by atoms with van der Waals surface area (Å²) in [5, 5.41) is 0. The first-order valence-corrected chi connectivity index (χ1v) is 9.56. The molecule has 0 fully saturated rings. The van der Waals surface area contributed by atoms with Crippen LogP contribution in [0, 0.1) is 6.92 Å².